The molecule has 0 bridgehead atoms. The van der Waals surface area contributed by atoms with Gasteiger partial charge >= 0.3 is 0 Å². The van der Waals surface area contributed by atoms with Gasteiger partial charge in [0, 0.05) is 0 Å². The van der Waals surface area contributed by atoms with Gasteiger partial charge < -0.3 is 0 Å². The predicted molar refractivity (Wildman–Crippen MR) is 96.1 cm³/mol. The van der Waals surface area contributed by atoms with Gasteiger partial charge in [-0.15, -0.1) is 0 Å². The Hall–Kier alpha value is -0.600. The highest BCUT2D eigenvalue weighted by Gasteiger charge is 2.11. The molecule has 0 nitrogen and oxygen atoms in total. The summed E-state index contributed by atoms with van der Waals surface area (Å²) in [4.78, 5) is 3.18. The molecule has 2 aromatic carbocycles. The molecule has 2 rings (SSSR count). The molecule has 0 spiro atoms. The maximum absolute atomic E-state index is 2.39. The third kappa shape index (κ3) is 2.95. The summed E-state index contributed by atoms with van der Waals surface area (Å²) in [6.45, 7) is 2.27. The lowest BCUT2D eigenvalue weighted by molar-refractivity contribution is 0.904. The van der Waals surface area contributed by atoms with Gasteiger partial charge in [-0.3, -0.25) is 0 Å². The molecule has 0 unspecified atom stereocenters. The summed E-state index contributed by atoms with van der Waals surface area (Å²) in [5.74, 6) is 0. The lowest BCUT2D eigenvalue weighted by atomic mass is 10.0. The van der Waals surface area contributed by atoms with E-state index in [0.717, 1.165) is 0 Å². The van der Waals surface area contributed by atoms with E-state index < -0.39 is 0 Å². The molecule has 0 amide bonds. The quantitative estimate of drug-likeness (QED) is 0.726. The monoisotopic (exact) mass is 294 g/mol. The molecule has 0 radical (unpaired) electrons. The van der Waals surface area contributed by atoms with Crippen LogP contribution in [0.25, 0.3) is 10.8 Å². The van der Waals surface area contributed by atoms with Crippen LogP contribution in [-0.4, -0.2) is 25.0 Å². The van der Waals surface area contributed by atoms with Crippen LogP contribution in [0, 0.1) is 0 Å². The van der Waals surface area contributed by atoms with Gasteiger partial charge in [0.15, 0.2) is 0 Å². The molecule has 2 heteroatoms. The summed E-state index contributed by atoms with van der Waals surface area (Å²) >= 11 is 0. The average molecular weight is 295 g/mol. The Balaban J connectivity index is 2.75. The number of hydrogen-bond acceptors (Lipinski definition) is 0. The molecule has 0 saturated carbocycles. The van der Waals surface area contributed by atoms with Gasteiger partial charge in [0.25, 0.3) is 0 Å². The largest absolute Gasteiger partial charge is 0.232 e. The third-order valence-corrected chi connectivity index (χ3v) is 6.32. The van der Waals surface area contributed by atoms with Crippen molar-refractivity contribution in [3.8, 4) is 0 Å². The first-order valence-electron chi connectivity index (χ1n) is 6.95. The van der Waals surface area contributed by atoms with E-state index in [9.17, 15) is 0 Å². The Morgan fingerprint density at radius 1 is 0.842 bits per heavy atom. The van der Waals surface area contributed by atoms with Crippen molar-refractivity contribution in [3.05, 3.63) is 35.9 Å². The van der Waals surface area contributed by atoms with Gasteiger partial charge in [0.05, 0.1) is 0 Å². The second-order valence-corrected chi connectivity index (χ2v) is 9.99. The number of benzene rings is 2. The number of thiol groups is 2. The van der Waals surface area contributed by atoms with Gasteiger partial charge in [-0.05, 0) is 63.6 Å². The molecular formula is C17H26S2. The molecule has 0 heterocycles. The minimum absolute atomic E-state index is 0.0373. The third-order valence-electron chi connectivity index (χ3n) is 3.54. The summed E-state index contributed by atoms with van der Waals surface area (Å²) in [6, 6.07) is 11.6. The Bertz CT molecular complexity index is 571. The summed E-state index contributed by atoms with van der Waals surface area (Å²) < 4.78 is 0. The van der Waals surface area contributed by atoms with Crippen molar-refractivity contribution < 1.29 is 0 Å². The molecular weight excluding hydrogens is 268 g/mol. The Morgan fingerprint density at radius 3 is 2.16 bits per heavy atom. The molecule has 0 aliphatic carbocycles. The minimum atomic E-state index is -0.0522. The summed E-state index contributed by atoms with van der Waals surface area (Å²) in [5.41, 5.74) is 1.57. The maximum atomic E-state index is 2.39. The molecule has 19 heavy (non-hydrogen) atoms. The van der Waals surface area contributed by atoms with Gasteiger partial charge in [0.1, 0.15) is 0 Å². The molecule has 0 saturated heterocycles. The fourth-order valence-electron chi connectivity index (χ4n) is 2.76. The highest BCUT2D eigenvalue weighted by Crippen LogP contribution is 2.43. The normalized spacial score (nSPS) is 12.7. The van der Waals surface area contributed by atoms with Gasteiger partial charge in [0.2, 0.25) is 0 Å². The summed E-state index contributed by atoms with van der Waals surface area (Å²) in [5, 5.41) is 3.00. The highest BCUT2D eigenvalue weighted by atomic mass is 32.2. The van der Waals surface area contributed by atoms with Crippen molar-refractivity contribution in [2.45, 2.75) is 29.6 Å². The average Bonchev–Trinajstić information content (AvgIpc) is 2.37. The Labute approximate surface area is 123 Å². The van der Waals surface area contributed by atoms with Crippen LogP contribution in [0.3, 0.4) is 0 Å². The first-order valence-corrected chi connectivity index (χ1v) is 11.4. The van der Waals surface area contributed by atoms with Crippen molar-refractivity contribution >= 4 is 32.6 Å². The van der Waals surface area contributed by atoms with Crippen LogP contribution in [0.1, 0.15) is 18.9 Å². The van der Waals surface area contributed by atoms with Crippen molar-refractivity contribution in [3.63, 3.8) is 0 Å². The van der Waals surface area contributed by atoms with Gasteiger partial charge in [-0.2, -0.15) is 0 Å². The molecule has 0 aromatic heterocycles. The number of hydrogen-bond donors (Lipinski definition) is 2. The zero-order chi connectivity index (χ0) is 14.0. The standard InChI is InChI=1S/C17H26S2/c1-6-8-13-11-12-14-15(17(13)19(4)5)9-7-10-16(14)18(2)3/h7,9-12,18-19H,6,8H2,1-5H3. The lowest BCUT2D eigenvalue weighted by Crippen LogP contribution is -1.94. The summed E-state index contributed by atoms with van der Waals surface area (Å²) in [6.07, 6.45) is 11.9. The zero-order valence-corrected chi connectivity index (χ0v) is 14.5. The molecule has 2 aromatic rings. The molecule has 0 aliphatic heterocycles. The van der Waals surface area contributed by atoms with Crippen LogP contribution in [0.4, 0.5) is 0 Å². The van der Waals surface area contributed by atoms with Gasteiger partial charge in [-0.25, -0.2) is 21.8 Å². The second-order valence-electron chi connectivity index (χ2n) is 5.48. The number of aryl methyl sites for hydroxylation is 1. The van der Waals surface area contributed by atoms with E-state index in [1.165, 1.54) is 23.6 Å². The van der Waals surface area contributed by atoms with E-state index in [2.05, 4.69) is 62.3 Å². The molecule has 0 fully saturated rings. The Kier molecular flexibility index (Phi) is 4.86. The van der Waals surface area contributed by atoms with Crippen molar-refractivity contribution in [2.75, 3.05) is 25.0 Å². The summed E-state index contributed by atoms with van der Waals surface area (Å²) in [7, 11) is -0.0895. The molecule has 106 valence electrons. The Morgan fingerprint density at radius 2 is 1.58 bits per heavy atom. The van der Waals surface area contributed by atoms with Crippen molar-refractivity contribution in [2.24, 2.45) is 0 Å². The van der Waals surface area contributed by atoms with Crippen LogP contribution in [0.2, 0.25) is 0 Å². The van der Waals surface area contributed by atoms with E-state index in [1.54, 1.807) is 15.4 Å². The van der Waals surface area contributed by atoms with Crippen LogP contribution in [0.15, 0.2) is 40.1 Å². The van der Waals surface area contributed by atoms with Gasteiger partial charge in [-0.1, -0.05) is 37.6 Å². The van der Waals surface area contributed by atoms with Crippen LogP contribution >= 0.6 is 21.8 Å². The molecule has 0 atom stereocenters. The molecule has 0 aliphatic rings. The van der Waals surface area contributed by atoms with E-state index in [1.807, 2.05) is 0 Å². The first kappa shape index (κ1) is 14.8. The van der Waals surface area contributed by atoms with E-state index in [4.69, 9.17) is 0 Å². The first-order chi connectivity index (χ1) is 9.06. The lowest BCUT2D eigenvalue weighted by Gasteiger charge is -2.21. The maximum Gasteiger partial charge on any atom is -0.00185 e. The predicted octanol–water partition coefficient (Wildman–Crippen LogP) is 5.03. The van der Waals surface area contributed by atoms with E-state index >= 15 is 0 Å². The molecule has 0 N–H and O–H groups in total. The highest BCUT2D eigenvalue weighted by molar-refractivity contribution is 8.16. The number of rotatable bonds is 4. The number of fused-ring (bicyclic) bond motifs is 1. The van der Waals surface area contributed by atoms with E-state index in [0.29, 0.717) is 0 Å². The zero-order valence-electron chi connectivity index (χ0n) is 12.7. The second kappa shape index (κ2) is 6.23. The van der Waals surface area contributed by atoms with E-state index in [-0.39, 0.29) is 21.8 Å². The fraction of sp³-hybridized carbons (Fsp3) is 0.412. The fourth-order valence-corrected chi connectivity index (χ4v) is 5.26. The SMILES string of the molecule is CCCc1ccc2c([SH](C)C)cccc2c1[SH](C)C. The van der Waals surface area contributed by atoms with Crippen molar-refractivity contribution in [1.82, 2.24) is 0 Å². The van der Waals surface area contributed by atoms with Crippen LogP contribution in [0.5, 0.6) is 0 Å². The topological polar surface area (TPSA) is 0 Å². The minimum Gasteiger partial charge on any atom is -0.232 e. The smallest absolute Gasteiger partial charge is 0.00185 e. The van der Waals surface area contributed by atoms with Crippen LogP contribution in [-0.2, 0) is 6.42 Å². The van der Waals surface area contributed by atoms with Crippen molar-refractivity contribution in [1.29, 1.82) is 0 Å². The van der Waals surface area contributed by atoms with Crippen LogP contribution < -0.4 is 0 Å².